The van der Waals surface area contributed by atoms with Gasteiger partial charge in [0.05, 0.1) is 13.2 Å². The Hall–Kier alpha value is -2.69. The first-order chi connectivity index (χ1) is 12.2. The fourth-order valence-corrected chi connectivity index (χ4v) is 3.11. The number of ether oxygens (including phenoxy) is 2. The fourth-order valence-electron chi connectivity index (χ4n) is 3.11. The number of urea groups is 1. The van der Waals surface area contributed by atoms with Gasteiger partial charge in [0, 0.05) is 17.8 Å². The average molecular weight is 340 g/mol. The number of carbonyl (C=O) groups is 1. The minimum absolute atomic E-state index is 0.0795. The summed E-state index contributed by atoms with van der Waals surface area (Å²) in [5.41, 5.74) is 2.21. The number of carbonyl (C=O) groups excluding carboxylic acids is 1. The molecule has 1 unspecified atom stereocenters. The summed E-state index contributed by atoms with van der Waals surface area (Å²) in [6.45, 7) is 5.49. The number of rotatable bonds is 6. The van der Waals surface area contributed by atoms with Crippen LogP contribution in [0.1, 0.15) is 19.4 Å². The summed E-state index contributed by atoms with van der Waals surface area (Å²) < 4.78 is 11.1. The van der Waals surface area contributed by atoms with Crippen molar-refractivity contribution in [2.24, 2.45) is 0 Å². The molecule has 0 saturated heterocycles. The minimum Gasteiger partial charge on any atom is -0.494 e. The van der Waals surface area contributed by atoms with Crippen LogP contribution in [0.5, 0.6) is 11.5 Å². The summed E-state index contributed by atoms with van der Waals surface area (Å²) in [7, 11) is 0. The van der Waals surface area contributed by atoms with Gasteiger partial charge in [0.25, 0.3) is 0 Å². The van der Waals surface area contributed by atoms with Gasteiger partial charge in [0.15, 0.2) is 0 Å². The van der Waals surface area contributed by atoms with Gasteiger partial charge in [-0.1, -0.05) is 24.3 Å². The topological polar surface area (TPSA) is 50.8 Å². The van der Waals surface area contributed by atoms with E-state index in [-0.39, 0.29) is 12.1 Å². The molecule has 0 saturated carbocycles. The third kappa shape index (κ3) is 4.05. The van der Waals surface area contributed by atoms with Crippen molar-refractivity contribution in [1.82, 2.24) is 5.32 Å². The van der Waals surface area contributed by atoms with Gasteiger partial charge in [-0.25, -0.2) is 4.79 Å². The van der Waals surface area contributed by atoms with Gasteiger partial charge in [-0.05, 0) is 44.0 Å². The Kier molecular flexibility index (Phi) is 5.43. The molecule has 5 heteroatoms. The van der Waals surface area contributed by atoms with E-state index in [4.69, 9.17) is 9.47 Å². The van der Waals surface area contributed by atoms with Crippen molar-refractivity contribution in [3.05, 3.63) is 54.1 Å². The fraction of sp³-hybridized carbons (Fsp3) is 0.350. The number of benzene rings is 2. The lowest BCUT2D eigenvalue weighted by molar-refractivity contribution is 0.240. The van der Waals surface area contributed by atoms with Crippen LogP contribution in [0.15, 0.2) is 48.5 Å². The van der Waals surface area contributed by atoms with Crippen molar-refractivity contribution < 1.29 is 14.3 Å². The van der Waals surface area contributed by atoms with Crippen LogP contribution in [0.3, 0.4) is 0 Å². The maximum atomic E-state index is 12.5. The molecule has 5 nitrogen and oxygen atoms in total. The van der Waals surface area contributed by atoms with Gasteiger partial charge in [0.2, 0.25) is 0 Å². The summed E-state index contributed by atoms with van der Waals surface area (Å²) >= 11 is 0. The second kappa shape index (κ2) is 7.92. The van der Waals surface area contributed by atoms with E-state index in [1.807, 2.05) is 54.3 Å². The van der Waals surface area contributed by atoms with E-state index in [0.29, 0.717) is 19.8 Å². The minimum atomic E-state index is -0.0795. The van der Waals surface area contributed by atoms with Crippen molar-refractivity contribution >= 4 is 11.7 Å². The largest absolute Gasteiger partial charge is 0.494 e. The highest BCUT2D eigenvalue weighted by Gasteiger charge is 2.30. The van der Waals surface area contributed by atoms with Crippen LogP contribution in [0.25, 0.3) is 0 Å². The lowest BCUT2D eigenvalue weighted by Crippen LogP contribution is -2.44. The van der Waals surface area contributed by atoms with Crippen molar-refractivity contribution in [2.45, 2.75) is 26.3 Å². The van der Waals surface area contributed by atoms with Crippen LogP contribution >= 0.6 is 0 Å². The molecule has 1 atom stereocenters. The van der Waals surface area contributed by atoms with E-state index in [1.54, 1.807) is 0 Å². The van der Waals surface area contributed by atoms with Gasteiger partial charge in [-0.3, -0.25) is 4.90 Å². The summed E-state index contributed by atoms with van der Waals surface area (Å²) in [4.78, 5) is 14.3. The molecule has 0 fully saturated rings. The predicted molar refractivity (Wildman–Crippen MR) is 98.6 cm³/mol. The molecule has 132 valence electrons. The predicted octanol–water partition coefficient (Wildman–Crippen LogP) is 3.62. The van der Waals surface area contributed by atoms with Crippen LogP contribution in [-0.4, -0.2) is 31.8 Å². The van der Waals surface area contributed by atoms with Gasteiger partial charge >= 0.3 is 6.03 Å². The van der Waals surface area contributed by atoms with E-state index in [1.165, 1.54) is 5.56 Å². The lowest BCUT2D eigenvalue weighted by atomic mass is 10.1. The van der Waals surface area contributed by atoms with Gasteiger partial charge in [0.1, 0.15) is 18.1 Å². The van der Waals surface area contributed by atoms with Crippen LogP contribution in [0, 0.1) is 0 Å². The number of anilines is 1. The standard InChI is InChI=1S/C20H24N2O3/c1-3-24-17-8-6-9-18(14-17)25-12-11-21-20(23)22-15(2)13-16-7-4-5-10-19(16)22/h4-10,14-15H,3,11-13H2,1-2H3,(H,21,23). The molecule has 0 spiro atoms. The Morgan fingerprint density at radius 1 is 1.16 bits per heavy atom. The van der Waals surface area contributed by atoms with Crippen molar-refractivity contribution in [1.29, 1.82) is 0 Å². The molecule has 0 aromatic heterocycles. The SMILES string of the molecule is CCOc1cccc(OCCNC(=O)N2c3ccccc3CC2C)c1. The first-order valence-corrected chi connectivity index (χ1v) is 8.69. The molecule has 1 aliphatic heterocycles. The maximum absolute atomic E-state index is 12.5. The number of hydrogen-bond donors (Lipinski definition) is 1. The van der Waals surface area contributed by atoms with Gasteiger partial charge < -0.3 is 14.8 Å². The number of para-hydroxylation sites is 1. The Bertz CT molecular complexity index is 732. The van der Waals surface area contributed by atoms with E-state index in [2.05, 4.69) is 18.3 Å². The van der Waals surface area contributed by atoms with E-state index in [9.17, 15) is 4.79 Å². The normalized spacial score (nSPS) is 15.6. The van der Waals surface area contributed by atoms with E-state index in [0.717, 1.165) is 23.6 Å². The molecule has 1 N–H and O–H groups in total. The maximum Gasteiger partial charge on any atom is 0.322 e. The monoisotopic (exact) mass is 340 g/mol. The van der Waals surface area contributed by atoms with Gasteiger partial charge in [-0.2, -0.15) is 0 Å². The van der Waals surface area contributed by atoms with Crippen LogP contribution in [-0.2, 0) is 6.42 Å². The third-order valence-corrected chi connectivity index (χ3v) is 4.19. The molecule has 0 radical (unpaired) electrons. The molecule has 25 heavy (non-hydrogen) atoms. The van der Waals surface area contributed by atoms with Gasteiger partial charge in [-0.15, -0.1) is 0 Å². The summed E-state index contributed by atoms with van der Waals surface area (Å²) in [5, 5.41) is 2.94. The third-order valence-electron chi connectivity index (χ3n) is 4.19. The first-order valence-electron chi connectivity index (χ1n) is 8.69. The smallest absolute Gasteiger partial charge is 0.322 e. The second-order valence-electron chi connectivity index (χ2n) is 6.04. The molecule has 0 bridgehead atoms. The molecular formula is C20H24N2O3. The highest BCUT2D eigenvalue weighted by molar-refractivity contribution is 5.94. The van der Waals surface area contributed by atoms with E-state index >= 15 is 0 Å². The number of amides is 2. The van der Waals surface area contributed by atoms with Crippen LogP contribution in [0.4, 0.5) is 10.5 Å². The quantitative estimate of drug-likeness (QED) is 0.817. The van der Waals surface area contributed by atoms with Crippen LogP contribution in [0.2, 0.25) is 0 Å². The Balaban J connectivity index is 1.49. The molecule has 1 heterocycles. The zero-order valence-corrected chi connectivity index (χ0v) is 14.7. The molecule has 2 aromatic carbocycles. The van der Waals surface area contributed by atoms with Crippen molar-refractivity contribution in [3.63, 3.8) is 0 Å². The molecule has 2 aromatic rings. The van der Waals surface area contributed by atoms with Crippen LogP contribution < -0.4 is 19.7 Å². The number of fused-ring (bicyclic) bond motifs is 1. The van der Waals surface area contributed by atoms with E-state index < -0.39 is 0 Å². The average Bonchev–Trinajstić information content (AvgIpc) is 2.95. The lowest BCUT2D eigenvalue weighted by Gasteiger charge is -2.23. The highest BCUT2D eigenvalue weighted by atomic mass is 16.5. The summed E-state index contributed by atoms with van der Waals surface area (Å²) in [6.07, 6.45) is 0.893. The molecule has 3 rings (SSSR count). The second-order valence-corrected chi connectivity index (χ2v) is 6.04. The Morgan fingerprint density at radius 2 is 1.92 bits per heavy atom. The number of hydrogen-bond acceptors (Lipinski definition) is 3. The number of nitrogens with zero attached hydrogens (tertiary/aromatic N) is 1. The molecular weight excluding hydrogens is 316 g/mol. The summed E-state index contributed by atoms with van der Waals surface area (Å²) in [5.74, 6) is 1.52. The zero-order chi connectivity index (χ0) is 17.6. The highest BCUT2D eigenvalue weighted by Crippen LogP contribution is 2.31. The molecule has 1 aliphatic rings. The molecule has 2 amide bonds. The molecule has 0 aliphatic carbocycles. The number of nitrogens with one attached hydrogen (secondary N) is 1. The summed E-state index contributed by atoms with van der Waals surface area (Å²) in [6, 6.07) is 15.6. The Labute approximate surface area is 148 Å². The first kappa shape index (κ1) is 17.1. The van der Waals surface area contributed by atoms with Crippen molar-refractivity contribution in [2.75, 3.05) is 24.7 Å². The van der Waals surface area contributed by atoms with Crippen molar-refractivity contribution in [3.8, 4) is 11.5 Å². The Morgan fingerprint density at radius 3 is 2.72 bits per heavy atom. The zero-order valence-electron chi connectivity index (χ0n) is 14.7.